The highest BCUT2D eigenvalue weighted by Gasteiger charge is 2.41. The molecular weight excluding hydrogens is 402 g/mol. The maximum absolute atomic E-state index is 12.7. The third-order valence-electron chi connectivity index (χ3n) is 5.40. The zero-order valence-electron chi connectivity index (χ0n) is 16.6. The molecule has 1 N–H and O–H groups in total. The average Bonchev–Trinajstić information content (AvgIpc) is 2.97. The molecule has 0 saturated carbocycles. The Kier molecular flexibility index (Phi) is 5.12. The summed E-state index contributed by atoms with van der Waals surface area (Å²) in [5, 5.41) is 0.959. The number of hydrogen-bond donors (Lipinski definition) is 1. The second-order valence-electron chi connectivity index (χ2n) is 7.92. The van der Waals surface area contributed by atoms with Crippen molar-refractivity contribution in [2.24, 2.45) is 5.41 Å². The fraction of sp³-hybridized carbons (Fsp3) is 0.273. The average molecular weight is 426 g/mol. The Labute approximate surface area is 176 Å². The minimum Gasteiger partial charge on any atom is -0.280 e. The van der Waals surface area contributed by atoms with Crippen molar-refractivity contribution >= 4 is 27.5 Å². The molecule has 150 valence electrons. The van der Waals surface area contributed by atoms with E-state index >= 15 is 0 Å². The summed E-state index contributed by atoms with van der Waals surface area (Å²) in [5.74, 6) is 0.0994. The number of rotatable bonds is 5. The second kappa shape index (κ2) is 7.46. The maximum Gasteiger partial charge on any atom is 0.261 e. The molecule has 29 heavy (non-hydrogen) atoms. The highest BCUT2D eigenvalue weighted by molar-refractivity contribution is 7.98. The van der Waals surface area contributed by atoms with Crippen LogP contribution in [0.3, 0.4) is 0 Å². The lowest BCUT2D eigenvalue weighted by atomic mass is 9.76. The molecule has 0 radical (unpaired) electrons. The van der Waals surface area contributed by atoms with Crippen molar-refractivity contribution in [3.05, 3.63) is 77.7 Å². The van der Waals surface area contributed by atoms with Crippen LogP contribution in [0, 0.1) is 5.41 Å². The van der Waals surface area contributed by atoms with Gasteiger partial charge in [0.25, 0.3) is 10.0 Å². The third kappa shape index (κ3) is 3.76. The van der Waals surface area contributed by atoms with Crippen molar-refractivity contribution in [1.29, 1.82) is 0 Å². The largest absolute Gasteiger partial charge is 0.280 e. The lowest BCUT2D eigenvalue weighted by Crippen LogP contribution is -2.20. The van der Waals surface area contributed by atoms with Gasteiger partial charge in [0.05, 0.1) is 4.90 Å². The lowest BCUT2D eigenvalue weighted by molar-refractivity contribution is 0.342. The minimum absolute atomic E-state index is 0.0194. The van der Waals surface area contributed by atoms with Crippen LogP contribution >= 0.6 is 11.8 Å². The molecule has 1 aliphatic carbocycles. The molecule has 1 aliphatic rings. The van der Waals surface area contributed by atoms with Gasteiger partial charge >= 0.3 is 0 Å². The molecular formula is C22H23N3O2S2. The van der Waals surface area contributed by atoms with Crippen LogP contribution in [0.25, 0.3) is 0 Å². The van der Waals surface area contributed by atoms with Crippen molar-refractivity contribution in [3.63, 3.8) is 0 Å². The standard InChI is InChI=1S/C22H23N3O2S2/c1-22(2)12-15-9-10-16(25-29(26,27)17-7-5-4-6-8-17)11-18(15)20(22)19-13-23-14-24-21(19)28-3/h4-11,13-14,20,25H,12H2,1-3H3. The van der Waals surface area contributed by atoms with Crippen LogP contribution in [-0.4, -0.2) is 24.6 Å². The van der Waals surface area contributed by atoms with E-state index in [0.717, 1.165) is 22.6 Å². The van der Waals surface area contributed by atoms with Crippen molar-refractivity contribution in [1.82, 2.24) is 9.97 Å². The van der Waals surface area contributed by atoms with E-state index < -0.39 is 10.0 Å². The first-order chi connectivity index (χ1) is 13.8. The van der Waals surface area contributed by atoms with Gasteiger partial charge in [-0.1, -0.05) is 38.1 Å². The number of hydrogen-bond acceptors (Lipinski definition) is 5. The van der Waals surface area contributed by atoms with Gasteiger partial charge in [0.1, 0.15) is 11.4 Å². The number of thioether (sulfide) groups is 1. The first kappa shape index (κ1) is 19.9. The molecule has 0 fully saturated rings. The summed E-state index contributed by atoms with van der Waals surface area (Å²) in [4.78, 5) is 8.95. The number of nitrogens with zero attached hydrogens (tertiary/aromatic N) is 2. The van der Waals surface area contributed by atoms with E-state index in [-0.39, 0.29) is 16.2 Å². The normalized spacial score (nSPS) is 17.7. The smallest absolute Gasteiger partial charge is 0.261 e. The van der Waals surface area contributed by atoms with Crippen molar-refractivity contribution < 1.29 is 8.42 Å². The zero-order chi connectivity index (χ0) is 20.6. The summed E-state index contributed by atoms with van der Waals surface area (Å²) < 4.78 is 28.2. The zero-order valence-corrected chi connectivity index (χ0v) is 18.2. The van der Waals surface area contributed by atoms with Gasteiger partial charge in [-0.2, -0.15) is 0 Å². The van der Waals surface area contributed by atoms with Crippen LogP contribution in [-0.2, 0) is 16.4 Å². The molecule has 0 amide bonds. The molecule has 0 saturated heterocycles. The van der Waals surface area contributed by atoms with Gasteiger partial charge in [-0.3, -0.25) is 4.72 Å². The number of anilines is 1. The highest BCUT2D eigenvalue weighted by atomic mass is 32.2. The molecule has 5 nitrogen and oxygen atoms in total. The van der Waals surface area contributed by atoms with Gasteiger partial charge in [-0.05, 0) is 53.5 Å². The van der Waals surface area contributed by atoms with Crippen molar-refractivity contribution in [2.75, 3.05) is 11.0 Å². The van der Waals surface area contributed by atoms with Gasteiger partial charge in [0.2, 0.25) is 0 Å². The molecule has 4 rings (SSSR count). The Bertz CT molecular complexity index is 1150. The van der Waals surface area contributed by atoms with Gasteiger partial charge in [-0.25, -0.2) is 18.4 Å². The minimum atomic E-state index is -3.63. The van der Waals surface area contributed by atoms with Crippen LogP contribution in [0.5, 0.6) is 0 Å². The Morgan fingerprint density at radius 1 is 1.10 bits per heavy atom. The highest BCUT2D eigenvalue weighted by Crippen LogP contribution is 2.52. The molecule has 1 heterocycles. The molecule has 1 atom stereocenters. The monoisotopic (exact) mass is 425 g/mol. The van der Waals surface area contributed by atoms with Crippen molar-refractivity contribution in [2.45, 2.75) is 36.1 Å². The molecule has 3 aromatic rings. The van der Waals surface area contributed by atoms with E-state index in [0.29, 0.717) is 5.69 Å². The Morgan fingerprint density at radius 3 is 2.59 bits per heavy atom. The van der Waals surface area contributed by atoms with Crippen LogP contribution in [0.1, 0.15) is 36.5 Å². The number of benzene rings is 2. The van der Waals surface area contributed by atoms with E-state index in [1.807, 2.05) is 30.7 Å². The summed E-state index contributed by atoms with van der Waals surface area (Å²) in [6, 6.07) is 14.3. The van der Waals surface area contributed by atoms with E-state index in [2.05, 4.69) is 28.5 Å². The quantitative estimate of drug-likeness (QED) is 0.473. The molecule has 1 unspecified atom stereocenters. The summed E-state index contributed by atoms with van der Waals surface area (Å²) in [6.07, 6.45) is 6.39. The number of aromatic nitrogens is 2. The molecule has 1 aromatic heterocycles. The predicted octanol–water partition coefficient (Wildman–Crippen LogP) is 4.71. The third-order valence-corrected chi connectivity index (χ3v) is 7.52. The molecule has 7 heteroatoms. The van der Waals surface area contributed by atoms with Crippen molar-refractivity contribution in [3.8, 4) is 0 Å². The first-order valence-corrected chi connectivity index (χ1v) is 12.1. The number of fused-ring (bicyclic) bond motifs is 1. The molecule has 0 bridgehead atoms. The summed E-state index contributed by atoms with van der Waals surface area (Å²) in [6.45, 7) is 4.48. The van der Waals surface area contributed by atoms with Gasteiger partial charge in [0, 0.05) is 23.4 Å². The maximum atomic E-state index is 12.7. The van der Waals surface area contributed by atoms with E-state index in [1.165, 1.54) is 5.56 Å². The van der Waals surface area contributed by atoms with Gasteiger partial charge < -0.3 is 0 Å². The summed E-state index contributed by atoms with van der Waals surface area (Å²) in [5.41, 5.74) is 4.01. The fourth-order valence-electron chi connectivity index (χ4n) is 4.20. The first-order valence-electron chi connectivity index (χ1n) is 9.36. The fourth-order valence-corrected chi connectivity index (χ4v) is 5.83. The Balaban J connectivity index is 1.75. The Morgan fingerprint density at radius 2 is 1.86 bits per heavy atom. The van der Waals surface area contributed by atoms with Crippen LogP contribution in [0.15, 0.2) is 71.0 Å². The topological polar surface area (TPSA) is 72.0 Å². The number of sulfonamides is 1. The van der Waals surface area contributed by atoms with E-state index in [4.69, 9.17) is 0 Å². The summed E-state index contributed by atoms with van der Waals surface area (Å²) >= 11 is 1.61. The molecule has 0 aliphatic heterocycles. The van der Waals surface area contributed by atoms with E-state index in [9.17, 15) is 8.42 Å². The van der Waals surface area contributed by atoms with Gasteiger partial charge in [-0.15, -0.1) is 11.8 Å². The SMILES string of the molecule is CSc1ncncc1C1c2cc(NS(=O)(=O)c3ccccc3)ccc2CC1(C)C. The van der Waals surface area contributed by atoms with Crippen LogP contribution < -0.4 is 4.72 Å². The predicted molar refractivity (Wildman–Crippen MR) is 117 cm³/mol. The molecule has 2 aromatic carbocycles. The van der Waals surface area contributed by atoms with E-state index in [1.54, 1.807) is 48.4 Å². The molecule has 0 spiro atoms. The van der Waals surface area contributed by atoms with Crippen LogP contribution in [0.4, 0.5) is 5.69 Å². The summed E-state index contributed by atoms with van der Waals surface area (Å²) in [7, 11) is -3.63. The second-order valence-corrected chi connectivity index (χ2v) is 10.4. The Hall–Kier alpha value is -2.38. The number of nitrogens with one attached hydrogen (secondary N) is 1. The lowest BCUT2D eigenvalue weighted by Gasteiger charge is -2.28. The van der Waals surface area contributed by atoms with Gasteiger partial charge in [0.15, 0.2) is 0 Å². The van der Waals surface area contributed by atoms with Crippen LogP contribution in [0.2, 0.25) is 0 Å².